The molecule has 0 saturated carbocycles. The highest BCUT2D eigenvalue weighted by Crippen LogP contribution is 2.21. The summed E-state index contributed by atoms with van der Waals surface area (Å²) in [5.41, 5.74) is 2.80. The van der Waals surface area contributed by atoms with E-state index in [1.165, 1.54) is 0 Å². The molecule has 0 spiro atoms. The van der Waals surface area contributed by atoms with Gasteiger partial charge in [0, 0.05) is 12.8 Å². The maximum atomic E-state index is 12.2. The van der Waals surface area contributed by atoms with Gasteiger partial charge in [-0.3, -0.25) is 9.59 Å². The Labute approximate surface area is 141 Å². The normalized spacial score (nSPS) is 16.6. The zero-order valence-electron chi connectivity index (χ0n) is 13.6. The maximum Gasteiger partial charge on any atom is 0.251 e. The van der Waals surface area contributed by atoms with Gasteiger partial charge in [-0.15, -0.1) is 0 Å². The van der Waals surface area contributed by atoms with Gasteiger partial charge in [0.1, 0.15) is 6.04 Å². The van der Waals surface area contributed by atoms with Crippen LogP contribution in [0.1, 0.15) is 11.1 Å². The summed E-state index contributed by atoms with van der Waals surface area (Å²) in [7, 11) is 1.64. The van der Waals surface area contributed by atoms with Crippen molar-refractivity contribution in [1.82, 2.24) is 5.32 Å². The van der Waals surface area contributed by atoms with Gasteiger partial charge in [-0.05, 0) is 23.3 Å². The Bertz CT molecular complexity index is 730. The molecule has 0 unspecified atom stereocenters. The minimum atomic E-state index is -0.431. The number of β-lactam (4-membered cyclic amide) rings is 1. The van der Waals surface area contributed by atoms with Crippen molar-refractivity contribution < 1.29 is 14.3 Å². The predicted molar refractivity (Wildman–Crippen MR) is 91.6 cm³/mol. The molecule has 1 saturated heterocycles. The van der Waals surface area contributed by atoms with Crippen molar-refractivity contribution in [1.29, 1.82) is 0 Å². The second kappa shape index (κ2) is 7.27. The number of benzene rings is 2. The van der Waals surface area contributed by atoms with Crippen LogP contribution in [0.5, 0.6) is 0 Å². The van der Waals surface area contributed by atoms with E-state index in [4.69, 9.17) is 4.74 Å². The fraction of sp³-hybridized carbons (Fsp3) is 0.263. The molecule has 5 heteroatoms. The largest absolute Gasteiger partial charge is 0.380 e. The van der Waals surface area contributed by atoms with E-state index in [1.54, 1.807) is 12.0 Å². The van der Waals surface area contributed by atoms with Crippen molar-refractivity contribution in [2.75, 3.05) is 18.6 Å². The first kappa shape index (κ1) is 16.2. The highest BCUT2D eigenvalue weighted by molar-refractivity contribution is 6.05. The van der Waals surface area contributed by atoms with Crippen LogP contribution in [0, 0.1) is 0 Å². The molecule has 1 aliphatic heterocycles. The summed E-state index contributed by atoms with van der Waals surface area (Å²) in [6, 6.07) is 16.7. The number of nitrogens with one attached hydrogen (secondary N) is 1. The lowest BCUT2D eigenvalue weighted by atomic mass is 10.0. The summed E-state index contributed by atoms with van der Waals surface area (Å²) in [6.07, 6.45) is 0.257. The molecule has 124 valence electrons. The van der Waals surface area contributed by atoms with Gasteiger partial charge >= 0.3 is 0 Å². The van der Waals surface area contributed by atoms with Crippen LogP contribution in [0.3, 0.4) is 0 Å². The molecule has 2 amide bonds. The number of amides is 2. The van der Waals surface area contributed by atoms with Gasteiger partial charge in [-0.1, -0.05) is 42.5 Å². The predicted octanol–water partition coefficient (Wildman–Crippen LogP) is 1.91. The standard InChI is InChI=1S/C19H20N2O3/c1-24-13-15-7-5-6-14(10-15)11-18(22)20-17-12-21(19(17)23)16-8-3-2-4-9-16/h2-10,17H,11-13H2,1H3,(H,20,22)/t17-/m0/s1. The molecule has 1 N–H and O–H groups in total. The summed E-state index contributed by atoms with van der Waals surface area (Å²) in [5, 5.41) is 2.80. The van der Waals surface area contributed by atoms with Crippen LogP contribution in [0.15, 0.2) is 54.6 Å². The van der Waals surface area contributed by atoms with Crippen molar-refractivity contribution in [3.8, 4) is 0 Å². The van der Waals surface area contributed by atoms with E-state index >= 15 is 0 Å². The number of hydrogen-bond donors (Lipinski definition) is 1. The number of nitrogens with zero attached hydrogens (tertiary/aromatic N) is 1. The Morgan fingerprint density at radius 2 is 1.92 bits per heavy atom. The quantitative estimate of drug-likeness (QED) is 0.826. The van der Waals surface area contributed by atoms with Crippen LogP contribution in [0.4, 0.5) is 5.69 Å². The fourth-order valence-electron chi connectivity index (χ4n) is 2.80. The number of carbonyl (C=O) groups excluding carboxylic acids is 2. The average molecular weight is 324 g/mol. The first-order valence-corrected chi connectivity index (χ1v) is 7.90. The minimum absolute atomic E-state index is 0.0670. The van der Waals surface area contributed by atoms with Gasteiger partial charge < -0.3 is 15.0 Å². The number of carbonyl (C=O) groups is 2. The molecule has 2 aromatic carbocycles. The van der Waals surface area contributed by atoms with Crippen molar-refractivity contribution in [3.05, 3.63) is 65.7 Å². The van der Waals surface area contributed by atoms with E-state index in [-0.39, 0.29) is 18.2 Å². The Balaban J connectivity index is 1.53. The summed E-state index contributed by atoms with van der Waals surface area (Å²) >= 11 is 0. The summed E-state index contributed by atoms with van der Waals surface area (Å²) in [4.78, 5) is 26.0. The number of anilines is 1. The number of methoxy groups -OCH3 is 1. The number of rotatable bonds is 6. The van der Waals surface area contributed by atoms with Crippen molar-refractivity contribution in [2.24, 2.45) is 0 Å². The molecule has 2 aromatic rings. The Kier molecular flexibility index (Phi) is 4.91. The van der Waals surface area contributed by atoms with Crippen LogP contribution in [-0.2, 0) is 27.4 Å². The highest BCUT2D eigenvalue weighted by atomic mass is 16.5. The zero-order chi connectivity index (χ0) is 16.9. The van der Waals surface area contributed by atoms with Crippen molar-refractivity contribution in [2.45, 2.75) is 19.1 Å². The topological polar surface area (TPSA) is 58.6 Å². The van der Waals surface area contributed by atoms with Crippen LogP contribution < -0.4 is 10.2 Å². The molecule has 0 aliphatic carbocycles. The van der Waals surface area contributed by atoms with E-state index in [2.05, 4.69) is 5.32 Å². The zero-order valence-corrected chi connectivity index (χ0v) is 13.6. The van der Waals surface area contributed by atoms with Gasteiger partial charge in [-0.2, -0.15) is 0 Å². The van der Waals surface area contributed by atoms with Crippen LogP contribution in [0.2, 0.25) is 0 Å². The molecule has 0 radical (unpaired) electrons. The second-order valence-electron chi connectivity index (χ2n) is 5.83. The van der Waals surface area contributed by atoms with Crippen molar-refractivity contribution in [3.63, 3.8) is 0 Å². The Hall–Kier alpha value is -2.66. The van der Waals surface area contributed by atoms with E-state index in [9.17, 15) is 9.59 Å². The molecule has 3 rings (SSSR count). The van der Waals surface area contributed by atoms with Gasteiger partial charge in [-0.25, -0.2) is 0 Å². The summed E-state index contributed by atoms with van der Waals surface area (Å²) in [5.74, 6) is -0.210. The fourth-order valence-corrected chi connectivity index (χ4v) is 2.80. The summed E-state index contributed by atoms with van der Waals surface area (Å²) < 4.78 is 5.10. The van der Waals surface area contributed by atoms with E-state index < -0.39 is 6.04 Å². The molecule has 1 aliphatic rings. The van der Waals surface area contributed by atoms with E-state index in [1.807, 2.05) is 54.6 Å². The molecule has 1 fully saturated rings. The van der Waals surface area contributed by atoms with Crippen LogP contribution in [-0.4, -0.2) is 31.5 Å². The molecule has 5 nitrogen and oxygen atoms in total. The smallest absolute Gasteiger partial charge is 0.251 e. The number of hydrogen-bond acceptors (Lipinski definition) is 3. The minimum Gasteiger partial charge on any atom is -0.380 e. The molecule has 24 heavy (non-hydrogen) atoms. The third-order valence-corrected chi connectivity index (χ3v) is 4.00. The summed E-state index contributed by atoms with van der Waals surface area (Å²) in [6.45, 7) is 1.03. The third kappa shape index (κ3) is 3.63. The lowest BCUT2D eigenvalue weighted by Gasteiger charge is -2.38. The Morgan fingerprint density at radius 3 is 2.62 bits per heavy atom. The lowest BCUT2D eigenvalue weighted by molar-refractivity contribution is -0.130. The first-order valence-electron chi connectivity index (χ1n) is 7.90. The monoisotopic (exact) mass is 324 g/mol. The van der Waals surface area contributed by atoms with Crippen LogP contribution >= 0.6 is 0 Å². The van der Waals surface area contributed by atoms with Gasteiger partial charge in [0.05, 0.1) is 19.6 Å². The maximum absolute atomic E-state index is 12.2. The number of para-hydroxylation sites is 1. The molecular formula is C19H20N2O3. The van der Waals surface area contributed by atoms with Gasteiger partial charge in [0.25, 0.3) is 5.91 Å². The SMILES string of the molecule is COCc1cccc(CC(=O)N[C@H]2CN(c3ccccc3)C2=O)c1. The molecular weight excluding hydrogens is 304 g/mol. The average Bonchev–Trinajstić information content (AvgIpc) is 2.59. The highest BCUT2D eigenvalue weighted by Gasteiger charge is 2.38. The molecule has 1 heterocycles. The second-order valence-corrected chi connectivity index (χ2v) is 5.83. The van der Waals surface area contributed by atoms with E-state index in [0.29, 0.717) is 13.2 Å². The third-order valence-electron chi connectivity index (χ3n) is 4.00. The van der Waals surface area contributed by atoms with Crippen molar-refractivity contribution >= 4 is 17.5 Å². The lowest BCUT2D eigenvalue weighted by Crippen LogP contribution is -2.64. The molecule has 0 bridgehead atoms. The van der Waals surface area contributed by atoms with Gasteiger partial charge in [0.2, 0.25) is 5.91 Å². The molecule has 1 atom stereocenters. The molecule has 0 aromatic heterocycles. The van der Waals surface area contributed by atoms with Crippen LogP contribution in [0.25, 0.3) is 0 Å². The first-order chi connectivity index (χ1) is 11.7. The number of ether oxygens (including phenoxy) is 1. The van der Waals surface area contributed by atoms with E-state index in [0.717, 1.165) is 16.8 Å². The Morgan fingerprint density at radius 1 is 1.17 bits per heavy atom. The van der Waals surface area contributed by atoms with Gasteiger partial charge in [0.15, 0.2) is 0 Å².